The average Bonchev–Trinajstić information content (AvgIpc) is 3.13. The molecule has 4 rings (SSSR count). The SMILES string of the molecule is Cc1ccc2c(c1)CCCN2C(=O)c1ccnc(OC2CCSC2)c1. The number of nitrogens with zero attached hydrogens (tertiary/aromatic N) is 2. The van der Waals surface area contributed by atoms with Gasteiger partial charge in [-0.1, -0.05) is 17.7 Å². The van der Waals surface area contributed by atoms with Crippen molar-refractivity contribution in [2.75, 3.05) is 23.0 Å². The van der Waals surface area contributed by atoms with E-state index >= 15 is 0 Å². The van der Waals surface area contributed by atoms with E-state index in [-0.39, 0.29) is 12.0 Å². The second kappa shape index (κ2) is 7.08. The van der Waals surface area contributed by atoms with E-state index in [1.54, 1.807) is 18.3 Å². The van der Waals surface area contributed by atoms with Gasteiger partial charge in [-0.05, 0) is 49.6 Å². The van der Waals surface area contributed by atoms with Crippen LogP contribution in [0.3, 0.4) is 0 Å². The molecule has 0 bridgehead atoms. The summed E-state index contributed by atoms with van der Waals surface area (Å²) in [5.74, 6) is 2.71. The number of carbonyl (C=O) groups excluding carboxylic acids is 1. The number of pyridine rings is 1. The summed E-state index contributed by atoms with van der Waals surface area (Å²) in [6.45, 7) is 2.85. The summed E-state index contributed by atoms with van der Waals surface area (Å²) in [6.07, 6.45) is 4.95. The predicted octanol–water partition coefficient (Wildman–Crippen LogP) is 3.87. The van der Waals surface area contributed by atoms with Crippen LogP contribution in [0.25, 0.3) is 0 Å². The minimum atomic E-state index is 0.0258. The van der Waals surface area contributed by atoms with Gasteiger partial charge in [0.15, 0.2) is 0 Å². The molecule has 2 aromatic rings. The molecule has 3 heterocycles. The van der Waals surface area contributed by atoms with Gasteiger partial charge in [0.1, 0.15) is 6.10 Å². The van der Waals surface area contributed by atoms with Crippen molar-refractivity contribution in [3.8, 4) is 5.88 Å². The lowest BCUT2D eigenvalue weighted by atomic mass is 9.99. The maximum atomic E-state index is 13.1. The molecule has 0 N–H and O–H groups in total. The number of amides is 1. The fourth-order valence-electron chi connectivity index (χ4n) is 3.48. The van der Waals surface area contributed by atoms with Crippen molar-refractivity contribution in [2.24, 2.45) is 0 Å². The highest BCUT2D eigenvalue weighted by atomic mass is 32.2. The van der Waals surface area contributed by atoms with Crippen LogP contribution in [0.15, 0.2) is 36.5 Å². The highest BCUT2D eigenvalue weighted by molar-refractivity contribution is 7.99. The fourth-order valence-corrected chi connectivity index (χ4v) is 4.57. The first-order valence-corrected chi connectivity index (χ1v) is 9.98. The summed E-state index contributed by atoms with van der Waals surface area (Å²) >= 11 is 1.90. The number of hydrogen-bond donors (Lipinski definition) is 0. The van der Waals surface area contributed by atoms with Gasteiger partial charge < -0.3 is 9.64 Å². The highest BCUT2D eigenvalue weighted by Crippen LogP contribution is 2.30. The smallest absolute Gasteiger partial charge is 0.258 e. The Morgan fingerprint density at radius 3 is 3.08 bits per heavy atom. The molecule has 1 atom stereocenters. The largest absolute Gasteiger partial charge is 0.473 e. The molecule has 1 amide bonds. The Kier molecular flexibility index (Phi) is 4.66. The summed E-state index contributed by atoms with van der Waals surface area (Å²) in [5, 5.41) is 0. The Hall–Kier alpha value is -2.01. The molecular formula is C20H22N2O2S. The molecule has 2 aliphatic rings. The maximum absolute atomic E-state index is 13.1. The molecule has 0 radical (unpaired) electrons. The Morgan fingerprint density at radius 1 is 1.32 bits per heavy atom. The molecule has 5 heteroatoms. The van der Waals surface area contributed by atoms with Crippen LogP contribution < -0.4 is 9.64 Å². The van der Waals surface area contributed by atoms with Gasteiger partial charge in [-0.25, -0.2) is 4.98 Å². The molecule has 25 heavy (non-hydrogen) atoms. The second-order valence-electron chi connectivity index (χ2n) is 6.68. The Morgan fingerprint density at radius 2 is 2.24 bits per heavy atom. The summed E-state index contributed by atoms with van der Waals surface area (Å²) in [6, 6.07) is 9.89. The number of ether oxygens (including phenoxy) is 1. The lowest BCUT2D eigenvalue weighted by molar-refractivity contribution is 0.0984. The fraction of sp³-hybridized carbons (Fsp3) is 0.400. The van der Waals surface area contributed by atoms with Crippen molar-refractivity contribution < 1.29 is 9.53 Å². The number of thioether (sulfide) groups is 1. The summed E-state index contributed by atoms with van der Waals surface area (Å²) in [4.78, 5) is 19.3. The zero-order valence-electron chi connectivity index (χ0n) is 14.4. The molecule has 4 nitrogen and oxygen atoms in total. The molecule has 1 fully saturated rings. The molecule has 0 aliphatic carbocycles. The van der Waals surface area contributed by atoms with Crippen LogP contribution in [-0.4, -0.2) is 35.0 Å². The third-order valence-corrected chi connectivity index (χ3v) is 5.89. The molecule has 2 aliphatic heterocycles. The van der Waals surface area contributed by atoms with Crippen LogP contribution in [-0.2, 0) is 6.42 Å². The van der Waals surface area contributed by atoms with Crippen molar-refractivity contribution in [3.05, 3.63) is 53.2 Å². The van der Waals surface area contributed by atoms with Gasteiger partial charge in [-0.15, -0.1) is 0 Å². The van der Waals surface area contributed by atoms with Crippen molar-refractivity contribution in [3.63, 3.8) is 0 Å². The number of anilines is 1. The number of aromatic nitrogens is 1. The molecule has 0 saturated carbocycles. The average molecular weight is 354 g/mol. The van der Waals surface area contributed by atoms with E-state index in [1.165, 1.54) is 11.1 Å². The van der Waals surface area contributed by atoms with Crippen LogP contribution in [0, 0.1) is 6.92 Å². The van der Waals surface area contributed by atoms with Gasteiger partial charge in [0, 0.05) is 35.8 Å². The zero-order valence-corrected chi connectivity index (χ0v) is 15.2. The van der Waals surface area contributed by atoms with Gasteiger partial charge >= 0.3 is 0 Å². The standard InChI is InChI=1S/C20H22N2O2S/c1-14-4-5-18-15(11-14)3-2-9-22(18)20(23)16-6-8-21-19(12-16)24-17-7-10-25-13-17/h4-6,8,11-12,17H,2-3,7,9-10,13H2,1H3. The number of fused-ring (bicyclic) bond motifs is 1. The van der Waals surface area contributed by atoms with E-state index in [0.717, 1.165) is 43.0 Å². The minimum Gasteiger partial charge on any atom is -0.473 e. The van der Waals surface area contributed by atoms with Crippen LogP contribution in [0.4, 0.5) is 5.69 Å². The number of aryl methyl sites for hydroxylation is 2. The monoisotopic (exact) mass is 354 g/mol. The molecule has 1 aromatic heterocycles. The van der Waals surface area contributed by atoms with Crippen LogP contribution in [0.5, 0.6) is 5.88 Å². The normalized spacial score (nSPS) is 19.6. The number of rotatable bonds is 3. The molecular weight excluding hydrogens is 332 g/mol. The van der Waals surface area contributed by atoms with Crippen molar-refractivity contribution in [2.45, 2.75) is 32.3 Å². The number of hydrogen-bond acceptors (Lipinski definition) is 4. The summed E-state index contributed by atoms with van der Waals surface area (Å²) in [7, 11) is 0. The Balaban J connectivity index is 1.57. The topological polar surface area (TPSA) is 42.4 Å². The molecule has 1 saturated heterocycles. The van der Waals surface area contributed by atoms with E-state index in [0.29, 0.717) is 11.4 Å². The van der Waals surface area contributed by atoms with E-state index < -0.39 is 0 Å². The molecule has 1 unspecified atom stereocenters. The van der Waals surface area contributed by atoms with Crippen LogP contribution in [0.2, 0.25) is 0 Å². The Bertz CT molecular complexity index is 787. The van der Waals surface area contributed by atoms with E-state index in [1.807, 2.05) is 16.7 Å². The second-order valence-corrected chi connectivity index (χ2v) is 7.83. The van der Waals surface area contributed by atoms with Crippen molar-refractivity contribution >= 4 is 23.4 Å². The lowest BCUT2D eigenvalue weighted by Crippen LogP contribution is -2.35. The zero-order chi connectivity index (χ0) is 17.2. The lowest BCUT2D eigenvalue weighted by Gasteiger charge is -2.30. The third kappa shape index (κ3) is 3.52. The Labute approximate surface area is 152 Å². The predicted molar refractivity (Wildman–Crippen MR) is 102 cm³/mol. The molecule has 0 spiro atoms. The van der Waals surface area contributed by atoms with Gasteiger partial charge in [-0.2, -0.15) is 11.8 Å². The number of carbonyl (C=O) groups is 1. The van der Waals surface area contributed by atoms with Gasteiger partial charge in [0.05, 0.1) is 0 Å². The first kappa shape index (κ1) is 16.5. The van der Waals surface area contributed by atoms with Gasteiger partial charge in [-0.3, -0.25) is 4.79 Å². The van der Waals surface area contributed by atoms with E-state index in [2.05, 4.69) is 30.1 Å². The van der Waals surface area contributed by atoms with Crippen molar-refractivity contribution in [1.29, 1.82) is 0 Å². The first-order valence-electron chi connectivity index (χ1n) is 8.82. The number of benzene rings is 1. The quantitative estimate of drug-likeness (QED) is 0.839. The first-order chi connectivity index (χ1) is 12.2. The third-order valence-electron chi connectivity index (χ3n) is 4.76. The van der Waals surface area contributed by atoms with Gasteiger partial charge in [0.25, 0.3) is 5.91 Å². The summed E-state index contributed by atoms with van der Waals surface area (Å²) in [5.41, 5.74) is 4.17. The highest BCUT2D eigenvalue weighted by Gasteiger charge is 2.24. The van der Waals surface area contributed by atoms with E-state index in [4.69, 9.17) is 4.74 Å². The van der Waals surface area contributed by atoms with Crippen LogP contribution in [0.1, 0.15) is 34.3 Å². The van der Waals surface area contributed by atoms with E-state index in [9.17, 15) is 4.79 Å². The van der Waals surface area contributed by atoms with Crippen molar-refractivity contribution in [1.82, 2.24) is 4.98 Å². The van der Waals surface area contributed by atoms with Crippen LogP contribution >= 0.6 is 11.8 Å². The maximum Gasteiger partial charge on any atom is 0.258 e. The minimum absolute atomic E-state index is 0.0258. The molecule has 1 aromatic carbocycles. The summed E-state index contributed by atoms with van der Waals surface area (Å²) < 4.78 is 5.94. The van der Waals surface area contributed by atoms with Gasteiger partial charge in [0.2, 0.25) is 5.88 Å². The molecule has 130 valence electrons.